The van der Waals surface area contributed by atoms with Gasteiger partial charge in [0.25, 0.3) is 0 Å². The van der Waals surface area contributed by atoms with Crippen LogP contribution in [0.5, 0.6) is 5.75 Å². The molecule has 0 aromatic heterocycles. The molecule has 1 aliphatic rings. The summed E-state index contributed by atoms with van der Waals surface area (Å²) in [6, 6.07) is 8.80. The van der Waals surface area contributed by atoms with Gasteiger partial charge in [0.2, 0.25) is 0 Å². The SMILES string of the molecule is CN=C(NCCN(C)C1CCCC1)NCc1ccccc1OC.I. The highest BCUT2D eigenvalue weighted by molar-refractivity contribution is 14.0. The highest BCUT2D eigenvalue weighted by atomic mass is 127. The van der Waals surface area contributed by atoms with E-state index in [1.807, 2.05) is 18.2 Å². The van der Waals surface area contributed by atoms with Crippen LogP contribution in [-0.4, -0.2) is 51.2 Å². The highest BCUT2D eigenvalue weighted by Gasteiger charge is 2.18. The molecular weight excluding hydrogens is 415 g/mol. The summed E-state index contributed by atoms with van der Waals surface area (Å²) in [5.41, 5.74) is 1.13. The lowest BCUT2D eigenvalue weighted by atomic mass is 10.2. The zero-order chi connectivity index (χ0) is 16.5. The molecule has 2 rings (SSSR count). The van der Waals surface area contributed by atoms with E-state index in [9.17, 15) is 0 Å². The molecule has 0 atom stereocenters. The number of likely N-dealkylation sites (N-methyl/N-ethyl adjacent to an activating group) is 1. The van der Waals surface area contributed by atoms with E-state index in [2.05, 4.69) is 33.6 Å². The molecule has 0 amide bonds. The monoisotopic (exact) mass is 446 g/mol. The lowest BCUT2D eigenvalue weighted by molar-refractivity contribution is 0.249. The first kappa shape index (κ1) is 21.0. The first-order valence-electron chi connectivity index (χ1n) is 8.51. The molecule has 1 aliphatic carbocycles. The Bertz CT molecular complexity index is 504. The van der Waals surface area contributed by atoms with Crippen molar-refractivity contribution in [3.63, 3.8) is 0 Å². The number of halogens is 1. The lowest BCUT2D eigenvalue weighted by Gasteiger charge is -2.24. The molecule has 2 N–H and O–H groups in total. The Balaban J connectivity index is 0.00000288. The number of hydrogen-bond acceptors (Lipinski definition) is 3. The van der Waals surface area contributed by atoms with Crippen LogP contribution in [0.3, 0.4) is 0 Å². The Morgan fingerprint density at radius 3 is 2.62 bits per heavy atom. The van der Waals surface area contributed by atoms with Crippen molar-refractivity contribution >= 4 is 29.9 Å². The maximum atomic E-state index is 5.37. The van der Waals surface area contributed by atoms with Gasteiger partial charge in [-0.05, 0) is 26.0 Å². The van der Waals surface area contributed by atoms with Gasteiger partial charge in [-0.25, -0.2) is 0 Å². The third-order valence-electron chi connectivity index (χ3n) is 4.57. The third-order valence-corrected chi connectivity index (χ3v) is 4.57. The molecule has 1 aromatic rings. The van der Waals surface area contributed by atoms with Gasteiger partial charge in [-0.2, -0.15) is 0 Å². The second-order valence-corrected chi connectivity index (χ2v) is 6.08. The average Bonchev–Trinajstić information content (AvgIpc) is 3.12. The molecule has 6 heteroatoms. The van der Waals surface area contributed by atoms with E-state index in [0.717, 1.165) is 36.4 Å². The Morgan fingerprint density at radius 1 is 1.25 bits per heavy atom. The van der Waals surface area contributed by atoms with E-state index in [1.54, 1.807) is 14.2 Å². The predicted molar refractivity (Wildman–Crippen MR) is 111 cm³/mol. The normalized spacial score (nSPS) is 15.2. The molecule has 24 heavy (non-hydrogen) atoms. The van der Waals surface area contributed by atoms with Gasteiger partial charge in [0.1, 0.15) is 5.75 Å². The van der Waals surface area contributed by atoms with Gasteiger partial charge in [-0.1, -0.05) is 31.0 Å². The zero-order valence-electron chi connectivity index (χ0n) is 15.0. The molecular formula is C18H31IN4O. The Morgan fingerprint density at radius 2 is 1.96 bits per heavy atom. The molecule has 0 unspecified atom stereocenters. The van der Waals surface area contributed by atoms with Crippen LogP contribution in [0.2, 0.25) is 0 Å². The van der Waals surface area contributed by atoms with E-state index in [1.165, 1.54) is 25.7 Å². The van der Waals surface area contributed by atoms with E-state index in [4.69, 9.17) is 4.74 Å². The molecule has 0 saturated heterocycles. The molecule has 0 heterocycles. The quantitative estimate of drug-likeness (QED) is 0.384. The fourth-order valence-electron chi connectivity index (χ4n) is 3.13. The molecule has 0 bridgehead atoms. The summed E-state index contributed by atoms with van der Waals surface area (Å²) in [6.45, 7) is 2.64. The second-order valence-electron chi connectivity index (χ2n) is 6.08. The molecule has 136 valence electrons. The highest BCUT2D eigenvalue weighted by Crippen LogP contribution is 2.21. The maximum Gasteiger partial charge on any atom is 0.191 e. The zero-order valence-corrected chi connectivity index (χ0v) is 17.4. The number of aliphatic imine (C=N–C) groups is 1. The lowest BCUT2D eigenvalue weighted by Crippen LogP contribution is -2.42. The van der Waals surface area contributed by atoms with E-state index >= 15 is 0 Å². The van der Waals surface area contributed by atoms with Crippen molar-refractivity contribution in [3.05, 3.63) is 29.8 Å². The van der Waals surface area contributed by atoms with E-state index in [0.29, 0.717) is 6.54 Å². The number of para-hydroxylation sites is 1. The molecule has 1 aromatic carbocycles. The Labute approximate surface area is 163 Å². The molecule has 0 spiro atoms. The summed E-state index contributed by atoms with van der Waals surface area (Å²) in [5, 5.41) is 6.73. The minimum Gasteiger partial charge on any atom is -0.496 e. The Hall–Kier alpha value is -1.02. The van der Waals surface area contributed by atoms with Crippen molar-refractivity contribution in [2.24, 2.45) is 4.99 Å². The van der Waals surface area contributed by atoms with Gasteiger partial charge in [0.15, 0.2) is 5.96 Å². The smallest absolute Gasteiger partial charge is 0.191 e. The van der Waals surface area contributed by atoms with Crippen molar-refractivity contribution in [1.82, 2.24) is 15.5 Å². The van der Waals surface area contributed by atoms with Gasteiger partial charge in [0, 0.05) is 38.3 Å². The molecule has 0 aliphatic heterocycles. The third kappa shape index (κ3) is 6.47. The van der Waals surface area contributed by atoms with Gasteiger partial charge in [0.05, 0.1) is 7.11 Å². The van der Waals surface area contributed by atoms with Gasteiger partial charge >= 0.3 is 0 Å². The summed E-state index contributed by atoms with van der Waals surface area (Å²) in [6.07, 6.45) is 5.45. The number of ether oxygens (including phenoxy) is 1. The minimum absolute atomic E-state index is 0. The number of nitrogens with zero attached hydrogens (tertiary/aromatic N) is 2. The van der Waals surface area contributed by atoms with Crippen LogP contribution in [-0.2, 0) is 6.54 Å². The molecule has 1 saturated carbocycles. The number of benzene rings is 1. The van der Waals surface area contributed by atoms with Crippen molar-refractivity contribution in [2.45, 2.75) is 38.3 Å². The van der Waals surface area contributed by atoms with Crippen molar-refractivity contribution in [2.75, 3.05) is 34.3 Å². The van der Waals surface area contributed by atoms with Gasteiger partial charge < -0.3 is 20.3 Å². The van der Waals surface area contributed by atoms with Crippen LogP contribution in [0.1, 0.15) is 31.2 Å². The number of methoxy groups -OCH3 is 1. The number of guanidine groups is 1. The first-order chi connectivity index (χ1) is 11.2. The average molecular weight is 446 g/mol. The van der Waals surface area contributed by atoms with Gasteiger partial charge in [-0.15, -0.1) is 24.0 Å². The van der Waals surface area contributed by atoms with E-state index < -0.39 is 0 Å². The van der Waals surface area contributed by atoms with Crippen molar-refractivity contribution in [1.29, 1.82) is 0 Å². The second kappa shape index (κ2) is 11.5. The number of rotatable bonds is 7. The first-order valence-corrected chi connectivity index (χ1v) is 8.51. The van der Waals surface area contributed by atoms with E-state index in [-0.39, 0.29) is 24.0 Å². The number of nitrogens with one attached hydrogen (secondary N) is 2. The maximum absolute atomic E-state index is 5.37. The van der Waals surface area contributed by atoms with Crippen molar-refractivity contribution < 1.29 is 4.74 Å². The molecule has 5 nitrogen and oxygen atoms in total. The fraction of sp³-hybridized carbons (Fsp3) is 0.611. The standard InChI is InChI=1S/C18H30N4O.HI/c1-19-18(20-12-13-22(2)16-9-5-6-10-16)21-14-15-8-4-7-11-17(15)23-3;/h4,7-8,11,16H,5-6,9-10,12-14H2,1-3H3,(H2,19,20,21);1H. The topological polar surface area (TPSA) is 48.9 Å². The summed E-state index contributed by atoms with van der Waals surface area (Å²) in [4.78, 5) is 6.75. The molecule has 1 fully saturated rings. The van der Waals surface area contributed by atoms with Crippen LogP contribution in [0, 0.1) is 0 Å². The van der Waals surface area contributed by atoms with Crippen LogP contribution in [0.15, 0.2) is 29.3 Å². The van der Waals surface area contributed by atoms with Gasteiger partial charge in [-0.3, -0.25) is 4.99 Å². The summed E-state index contributed by atoms with van der Waals surface area (Å²) in [5.74, 6) is 1.73. The Kier molecular flexibility index (Phi) is 10.1. The van der Waals surface area contributed by atoms with Crippen LogP contribution < -0.4 is 15.4 Å². The van der Waals surface area contributed by atoms with Crippen LogP contribution in [0.25, 0.3) is 0 Å². The minimum atomic E-state index is 0. The van der Waals surface area contributed by atoms with Crippen LogP contribution >= 0.6 is 24.0 Å². The number of hydrogen-bond donors (Lipinski definition) is 2. The predicted octanol–water partition coefficient (Wildman–Crippen LogP) is 2.85. The largest absolute Gasteiger partial charge is 0.496 e. The summed E-state index contributed by atoms with van der Waals surface area (Å²) >= 11 is 0. The summed E-state index contributed by atoms with van der Waals surface area (Å²) < 4.78 is 5.37. The van der Waals surface area contributed by atoms with Crippen molar-refractivity contribution in [3.8, 4) is 5.75 Å². The van der Waals surface area contributed by atoms with Crippen LogP contribution in [0.4, 0.5) is 0 Å². The molecule has 0 radical (unpaired) electrons. The summed E-state index contributed by atoms with van der Waals surface area (Å²) in [7, 11) is 5.73. The fourth-order valence-corrected chi connectivity index (χ4v) is 3.13.